The number of halogens is 1. The summed E-state index contributed by atoms with van der Waals surface area (Å²) in [7, 11) is 0. The number of hydrogen-bond acceptors (Lipinski definition) is 2. The van der Waals surface area contributed by atoms with Crippen molar-refractivity contribution in [1.29, 1.82) is 0 Å². The molecule has 3 heteroatoms. The lowest BCUT2D eigenvalue weighted by Gasteiger charge is -2.02. The van der Waals surface area contributed by atoms with Gasteiger partial charge >= 0.3 is 0 Å². The molecule has 0 atom stereocenters. The maximum Gasteiger partial charge on any atom is 0.0792 e. The molecule has 3 rings (SSSR count). The molecule has 0 spiro atoms. The van der Waals surface area contributed by atoms with Crippen molar-refractivity contribution >= 4 is 34.0 Å². The van der Waals surface area contributed by atoms with Crippen LogP contribution in [0.3, 0.4) is 0 Å². The average Bonchev–Trinajstić information content (AvgIpc) is 2.29. The Labute approximate surface area is 98.1 Å². The lowest BCUT2D eigenvalue weighted by Crippen LogP contribution is -2.29. The van der Waals surface area contributed by atoms with Crippen molar-refractivity contribution in [3.8, 4) is 0 Å². The molecule has 0 bridgehead atoms. The van der Waals surface area contributed by atoms with E-state index in [2.05, 4.69) is 34.3 Å². The summed E-state index contributed by atoms with van der Waals surface area (Å²) in [5, 5.41) is 3.48. The highest BCUT2D eigenvalue weighted by Crippen LogP contribution is 2.04. The van der Waals surface area contributed by atoms with Crippen molar-refractivity contribution in [3.05, 3.63) is 41.0 Å². The molecular weight excluding hydrogens is 252 g/mol. The van der Waals surface area contributed by atoms with Gasteiger partial charge in [-0.05, 0) is 18.6 Å². The fourth-order valence-electron chi connectivity index (χ4n) is 1.89. The van der Waals surface area contributed by atoms with E-state index < -0.39 is 0 Å². The predicted molar refractivity (Wildman–Crippen MR) is 66.8 cm³/mol. The van der Waals surface area contributed by atoms with Gasteiger partial charge in [0.05, 0.1) is 10.9 Å². The lowest BCUT2D eigenvalue weighted by molar-refractivity contribution is 0.963. The molecule has 0 amide bonds. The first kappa shape index (κ1) is 10.3. The van der Waals surface area contributed by atoms with Crippen LogP contribution in [0.1, 0.15) is 6.42 Å². The summed E-state index contributed by atoms with van der Waals surface area (Å²) >= 11 is 0. The molecule has 1 aliphatic rings. The second-order valence-corrected chi connectivity index (χ2v) is 3.45. The first-order valence-electron chi connectivity index (χ1n) is 4.83. The Kier molecular flexibility index (Phi) is 2.82. The van der Waals surface area contributed by atoms with Gasteiger partial charge in [0.15, 0.2) is 0 Å². The fourth-order valence-corrected chi connectivity index (χ4v) is 1.89. The van der Waals surface area contributed by atoms with Gasteiger partial charge < -0.3 is 0 Å². The van der Waals surface area contributed by atoms with Gasteiger partial charge in [0, 0.05) is 23.3 Å². The minimum absolute atomic E-state index is 0. The molecule has 1 aromatic carbocycles. The summed E-state index contributed by atoms with van der Waals surface area (Å²) in [5.74, 6) is 0. The van der Waals surface area contributed by atoms with Crippen LogP contribution in [0.15, 0.2) is 35.5 Å². The number of fused-ring (bicyclic) bond motifs is 3. The number of pyridine rings is 1. The van der Waals surface area contributed by atoms with E-state index in [0.717, 1.165) is 23.8 Å². The van der Waals surface area contributed by atoms with E-state index in [9.17, 15) is 0 Å². The molecule has 0 N–H and O–H groups in total. The van der Waals surface area contributed by atoms with Crippen molar-refractivity contribution < 1.29 is 0 Å². The molecule has 1 aliphatic heterocycles. The van der Waals surface area contributed by atoms with Gasteiger partial charge in [-0.15, -0.1) is 17.0 Å². The summed E-state index contributed by atoms with van der Waals surface area (Å²) in [6.45, 7) is 0.908. The van der Waals surface area contributed by atoms with Gasteiger partial charge in [-0.25, -0.2) is 0 Å². The first-order chi connectivity index (χ1) is 6.95. The molecule has 0 saturated heterocycles. The van der Waals surface area contributed by atoms with Crippen LogP contribution >= 0.6 is 17.0 Å². The molecule has 76 valence electrons. The summed E-state index contributed by atoms with van der Waals surface area (Å²) in [6, 6.07) is 8.22. The van der Waals surface area contributed by atoms with Crippen molar-refractivity contribution in [2.75, 3.05) is 6.54 Å². The average molecular weight is 263 g/mol. The van der Waals surface area contributed by atoms with Crippen LogP contribution in [0.25, 0.3) is 17.0 Å². The van der Waals surface area contributed by atoms with E-state index in [1.807, 2.05) is 12.3 Å². The number of aromatic nitrogens is 1. The fraction of sp³-hybridized carbons (Fsp3) is 0.167. The SMILES string of the molecule is Br.C1=c2c(ccc3cccnc23)=NCC1. The number of hydrogen-bond donors (Lipinski definition) is 0. The minimum atomic E-state index is 0. The normalized spacial score (nSPS) is 13.3. The zero-order valence-electron chi connectivity index (χ0n) is 8.18. The smallest absolute Gasteiger partial charge is 0.0792 e. The topological polar surface area (TPSA) is 25.2 Å². The summed E-state index contributed by atoms with van der Waals surface area (Å²) in [5.41, 5.74) is 1.08. The third kappa shape index (κ3) is 1.67. The molecule has 2 aromatic rings. The maximum absolute atomic E-state index is 4.47. The van der Waals surface area contributed by atoms with Crippen LogP contribution in [-0.4, -0.2) is 11.5 Å². The van der Waals surface area contributed by atoms with Gasteiger partial charge in [-0.2, -0.15) is 0 Å². The zero-order valence-corrected chi connectivity index (χ0v) is 9.89. The maximum atomic E-state index is 4.47. The van der Waals surface area contributed by atoms with Crippen molar-refractivity contribution in [3.63, 3.8) is 0 Å². The zero-order chi connectivity index (χ0) is 9.38. The largest absolute Gasteiger partial charge is 0.284 e. The van der Waals surface area contributed by atoms with Crippen molar-refractivity contribution in [2.45, 2.75) is 6.42 Å². The monoisotopic (exact) mass is 262 g/mol. The third-order valence-electron chi connectivity index (χ3n) is 2.55. The summed E-state index contributed by atoms with van der Waals surface area (Å²) in [4.78, 5) is 8.88. The van der Waals surface area contributed by atoms with Crippen LogP contribution in [0, 0.1) is 0 Å². The van der Waals surface area contributed by atoms with Gasteiger partial charge in [-0.1, -0.05) is 18.2 Å². The van der Waals surface area contributed by atoms with Crippen LogP contribution in [0.4, 0.5) is 0 Å². The van der Waals surface area contributed by atoms with Crippen molar-refractivity contribution in [2.24, 2.45) is 4.99 Å². The summed E-state index contributed by atoms with van der Waals surface area (Å²) in [6.07, 6.45) is 5.10. The lowest BCUT2D eigenvalue weighted by atomic mass is 10.1. The molecule has 0 aliphatic carbocycles. The Morgan fingerprint density at radius 2 is 2.07 bits per heavy atom. The number of rotatable bonds is 0. The second-order valence-electron chi connectivity index (χ2n) is 3.45. The van der Waals surface area contributed by atoms with Crippen molar-refractivity contribution in [1.82, 2.24) is 4.98 Å². The Hall–Kier alpha value is -1.22. The van der Waals surface area contributed by atoms with Crippen LogP contribution in [0.5, 0.6) is 0 Å². The predicted octanol–water partition coefficient (Wildman–Crippen LogP) is 1.62. The van der Waals surface area contributed by atoms with Gasteiger partial charge in [0.1, 0.15) is 0 Å². The quantitative estimate of drug-likeness (QED) is 0.709. The highest BCUT2D eigenvalue weighted by molar-refractivity contribution is 8.93. The van der Waals surface area contributed by atoms with E-state index in [-0.39, 0.29) is 17.0 Å². The highest BCUT2D eigenvalue weighted by Gasteiger charge is 2.00. The molecule has 0 radical (unpaired) electrons. The van der Waals surface area contributed by atoms with Crippen LogP contribution in [0.2, 0.25) is 0 Å². The molecule has 15 heavy (non-hydrogen) atoms. The van der Waals surface area contributed by atoms with E-state index in [1.54, 1.807) is 0 Å². The molecule has 0 fully saturated rings. The van der Waals surface area contributed by atoms with Gasteiger partial charge in [-0.3, -0.25) is 9.98 Å². The van der Waals surface area contributed by atoms with E-state index in [4.69, 9.17) is 0 Å². The molecular formula is C12H11BrN2. The van der Waals surface area contributed by atoms with Gasteiger partial charge in [0.25, 0.3) is 0 Å². The summed E-state index contributed by atoms with van der Waals surface area (Å²) < 4.78 is 0. The first-order valence-corrected chi connectivity index (χ1v) is 4.83. The van der Waals surface area contributed by atoms with E-state index >= 15 is 0 Å². The highest BCUT2D eigenvalue weighted by atomic mass is 79.9. The second kappa shape index (κ2) is 4.11. The Morgan fingerprint density at radius 3 is 3.00 bits per heavy atom. The Morgan fingerprint density at radius 1 is 1.13 bits per heavy atom. The molecule has 0 saturated carbocycles. The molecule has 2 nitrogen and oxygen atoms in total. The van der Waals surface area contributed by atoms with Gasteiger partial charge in [0.2, 0.25) is 0 Å². The molecule has 1 aromatic heterocycles. The minimum Gasteiger partial charge on any atom is -0.284 e. The molecule has 2 heterocycles. The van der Waals surface area contributed by atoms with E-state index in [0.29, 0.717) is 0 Å². The van der Waals surface area contributed by atoms with Crippen LogP contribution < -0.4 is 10.6 Å². The van der Waals surface area contributed by atoms with E-state index in [1.165, 1.54) is 10.6 Å². The number of nitrogens with zero attached hydrogens (tertiary/aromatic N) is 2. The molecule has 0 unspecified atom stereocenters. The van der Waals surface area contributed by atoms with Crippen LogP contribution in [-0.2, 0) is 0 Å². The third-order valence-corrected chi connectivity index (χ3v) is 2.55. The standard InChI is InChI=1S/C12H10N2.BrH/c1-3-9-5-6-11-10(4-2-7-13-11)12(9)14-8-1;/h1,3-6,8H,2,7H2;1H. The Bertz CT molecular complexity index is 605. The number of benzene rings is 1. The Balaban J connectivity index is 0.000000853.